The van der Waals surface area contributed by atoms with Gasteiger partial charge < -0.3 is 33.7 Å². The van der Waals surface area contributed by atoms with Gasteiger partial charge in [-0.15, -0.1) is 0 Å². The minimum Gasteiger partial charge on any atom is -0.490 e. The van der Waals surface area contributed by atoms with Gasteiger partial charge in [0.1, 0.15) is 48.9 Å². The number of ether oxygens (including phenoxy) is 6. The van der Waals surface area contributed by atoms with Gasteiger partial charge in [0.2, 0.25) is 0 Å². The molecule has 1 aromatic rings. The quantitative estimate of drug-likeness (QED) is 0.192. The molecule has 1 aromatic carbocycles. The van der Waals surface area contributed by atoms with Gasteiger partial charge >= 0.3 is 11.9 Å². The molecule has 1 spiro atoms. The Hall–Kier alpha value is -2.62. The molecule has 3 fully saturated rings. The van der Waals surface area contributed by atoms with Gasteiger partial charge in [-0.2, -0.15) is 0 Å². The number of methoxy groups -OCH3 is 1. The third-order valence-corrected chi connectivity index (χ3v) is 7.47. The van der Waals surface area contributed by atoms with Gasteiger partial charge in [0, 0.05) is 19.7 Å². The molecule has 2 saturated heterocycles. The Morgan fingerprint density at radius 1 is 1.16 bits per heavy atom. The maximum atomic E-state index is 12.8. The summed E-state index contributed by atoms with van der Waals surface area (Å²) in [6.07, 6.45) is 4.00. The lowest BCUT2D eigenvalue weighted by atomic mass is 9.68. The van der Waals surface area contributed by atoms with Crippen LogP contribution in [0, 0.1) is 5.92 Å². The van der Waals surface area contributed by atoms with Crippen molar-refractivity contribution in [2.45, 2.75) is 76.5 Å². The lowest BCUT2D eigenvalue weighted by molar-refractivity contribution is -0.170. The molecule has 9 heteroatoms. The third kappa shape index (κ3) is 6.64. The molecule has 0 radical (unpaired) electrons. The smallest absolute Gasteiger partial charge is 0.325 e. The number of hydrogen-bond acceptors (Lipinski definition) is 9. The molecule has 0 amide bonds. The molecule has 3 aliphatic rings. The van der Waals surface area contributed by atoms with Crippen molar-refractivity contribution in [2.24, 2.45) is 5.92 Å². The molecule has 1 saturated carbocycles. The predicted molar refractivity (Wildman–Crippen MR) is 136 cm³/mol. The van der Waals surface area contributed by atoms with Crippen molar-refractivity contribution in [3.8, 4) is 5.75 Å². The molecule has 0 bridgehead atoms. The number of nitrogens with one attached hydrogen (secondary N) is 1. The van der Waals surface area contributed by atoms with Crippen LogP contribution < -0.4 is 10.1 Å². The Morgan fingerprint density at radius 3 is 2.51 bits per heavy atom. The predicted octanol–water partition coefficient (Wildman–Crippen LogP) is 3.66. The van der Waals surface area contributed by atoms with Crippen LogP contribution in [0.3, 0.4) is 0 Å². The molecule has 204 valence electrons. The van der Waals surface area contributed by atoms with Gasteiger partial charge in [-0.25, -0.2) is 0 Å². The van der Waals surface area contributed by atoms with E-state index in [4.69, 9.17) is 28.4 Å². The minimum absolute atomic E-state index is 0.00605. The Bertz CT molecular complexity index is 984. The Kier molecular flexibility index (Phi) is 8.46. The van der Waals surface area contributed by atoms with E-state index in [0.717, 1.165) is 18.5 Å². The van der Waals surface area contributed by atoms with Crippen molar-refractivity contribution in [1.82, 2.24) is 0 Å². The van der Waals surface area contributed by atoms with Gasteiger partial charge in [0.25, 0.3) is 0 Å². The van der Waals surface area contributed by atoms with Gasteiger partial charge in [-0.05, 0) is 64.3 Å². The molecule has 0 aromatic heterocycles. The Morgan fingerprint density at radius 2 is 1.89 bits per heavy atom. The van der Waals surface area contributed by atoms with Crippen LogP contribution in [0.1, 0.15) is 47.0 Å². The van der Waals surface area contributed by atoms with E-state index in [1.54, 1.807) is 19.2 Å². The fourth-order valence-corrected chi connectivity index (χ4v) is 5.47. The fraction of sp³-hybridized carbons (Fsp3) is 0.643. The highest BCUT2D eigenvalue weighted by Crippen LogP contribution is 2.59. The van der Waals surface area contributed by atoms with Crippen molar-refractivity contribution in [1.29, 1.82) is 0 Å². The molecule has 2 aliphatic heterocycles. The van der Waals surface area contributed by atoms with E-state index in [1.807, 2.05) is 12.1 Å². The highest BCUT2D eigenvalue weighted by molar-refractivity contribution is 5.75. The van der Waals surface area contributed by atoms with Gasteiger partial charge in [0.15, 0.2) is 0 Å². The highest BCUT2D eigenvalue weighted by Gasteiger charge is 2.72. The van der Waals surface area contributed by atoms with E-state index in [-0.39, 0.29) is 67.1 Å². The summed E-state index contributed by atoms with van der Waals surface area (Å²) in [5, 5.41) is 3.10. The maximum Gasteiger partial charge on any atom is 0.325 e. The van der Waals surface area contributed by atoms with E-state index in [1.165, 1.54) is 12.5 Å². The monoisotopic (exact) mass is 517 g/mol. The Labute approximate surface area is 218 Å². The topological polar surface area (TPSA) is 108 Å². The first-order valence-electron chi connectivity index (χ1n) is 12.9. The van der Waals surface area contributed by atoms with Crippen LogP contribution in [0.2, 0.25) is 0 Å². The van der Waals surface area contributed by atoms with Crippen LogP contribution in [0.25, 0.3) is 0 Å². The zero-order chi connectivity index (χ0) is 26.6. The number of rotatable bonds is 12. The standard InChI is InChI=1S/C28H39NO8/c1-18(2)6-11-23-27(4,37-23)26-25(32-5)22(12-13-28(26)17-35-28)36-24(31)16-29-20-7-9-21(10-8-20)34-15-14-33-19(3)30/h6-10,22-23,25-26,29H,11-17H2,1-5H3/t22-,23?,25-,26-,27+,28+/m1/s1. The zero-order valence-electron chi connectivity index (χ0n) is 22.4. The number of allylic oxidation sites excluding steroid dienone is 1. The van der Waals surface area contributed by atoms with Crippen LogP contribution in [0.5, 0.6) is 5.75 Å². The van der Waals surface area contributed by atoms with Crippen molar-refractivity contribution in [2.75, 3.05) is 38.8 Å². The summed E-state index contributed by atoms with van der Waals surface area (Å²) in [6.45, 7) is 8.85. The molecular formula is C28H39NO8. The van der Waals surface area contributed by atoms with Crippen molar-refractivity contribution < 1.29 is 38.0 Å². The SMILES string of the molecule is CO[C@@H]1[C@H](OC(=O)CNc2ccc(OCCOC(C)=O)cc2)CC[C@]2(CO2)[C@H]1[C@@]1(C)OC1CC=C(C)C. The molecular weight excluding hydrogens is 478 g/mol. The second-order valence-corrected chi connectivity index (χ2v) is 10.5. The summed E-state index contributed by atoms with van der Waals surface area (Å²) in [6, 6.07) is 7.20. The number of hydrogen-bond donors (Lipinski definition) is 1. The van der Waals surface area contributed by atoms with Crippen molar-refractivity contribution in [3.05, 3.63) is 35.9 Å². The van der Waals surface area contributed by atoms with E-state index in [0.29, 0.717) is 18.8 Å². The zero-order valence-corrected chi connectivity index (χ0v) is 22.4. The van der Waals surface area contributed by atoms with Crippen molar-refractivity contribution in [3.63, 3.8) is 0 Å². The number of carbonyl (C=O) groups is 2. The first kappa shape index (κ1) is 27.4. The minimum atomic E-state index is -0.367. The van der Waals surface area contributed by atoms with Crippen LogP contribution in [-0.2, 0) is 33.3 Å². The first-order chi connectivity index (χ1) is 17.7. The maximum absolute atomic E-state index is 12.8. The molecule has 1 N–H and O–H groups in total. The summed E-state index contributed by atoms with van der Waals surface area (Å²) in [4.78, 5) is 23.6. The largest absolute Gasteiger partial charge is 0.490 e. The number of benzene rings is 1. The second kappa shape index (κ2) is 11.4. The molecule has 6 atom stereocenters. The summed E-state index contributed by atoms with van der Waals surface area (Å²) in [5.41, 5.74) is 1.41. The fourth-order valence-electron chi connectivity index (χ4n) is 5.47. The lowest BCUT2D eigenvalue weighted by Gasteiger charge is -2.42. The number of esters is 2. The van der Waals surface area contributed by atoms with Gasteiger partial charge in [0.05, 0.1) is 18.6 Å². The summed E-state index contributed by atoms with van der Waals surface area (Å²) < 4.78 is 34.4. The summed E-state index contributed by atoms with van der Waals surface area (Å²) >= 11 is 0. The molecule has 4 rings (SSSR count). The van der Waals surface area contributed by atoms with Crippen LogP contribution in [0.15, 0.2) is 35.9 Å². The van der Waals surface area contributed by atoms with Crippen molar-refractivity contribution >= 4 is 17.6 Å². The normalized spacial score (nSPS) is 31.8. The van der Waals surface area contributed by atoms with E-state index in [9.17, 15) is 9.59 Å². The van der Waals surface area contributed by atoms with Crippen LogP contribution >= 0.6 is 0 Å². The van der Waals surface area contributed by atoms with Crippen LogP contribution in [0.4, 0.5) is 5.69 Å². The third-order valence-electron chi connectivity index (χ3n) is 7.47. The molecule has 1 aliphatic carbocycles. The molecule has 9 nitrogen and oxygen atoms in total. The lowest BCUT2D eigenvalue weighted by Crippen LogP contribution is -2.55. The highest BCUT2D eigenvalue weighted by atomic mass is 16.6. The Balaban J connectivity index is 1.29. The molecule has 37 heavy (non-hydrogen) atoms. The second-order valence-electron chi connectivity index (χ2n) is 10.5. The number of carbonyl (C=O) groups excluding carboxylic acids is 2. The van der Waals surface area contributed by atoms with Crippen LogP contribution in [-0.4, -0.2) is 74.9 Å². The number of epoxide rings is 2. The van der Waals surface area contributed by atoms with E-state index in [2.05, 4.69) is 32.2 Å². The number of anilines is 1. The van der Waals surface area contributed by atoms with E-state index >= 15 is 0 Å². The summed E-state index contributed by atoms with van der Waals surface area (Å²) in [5.74, 6) is -0.0438. The van der Waals surface area contributed by atoms with E-state index < -0.39 is 0 Å². The first-order valence-corrected chi connectivity index (χ1v) is 12.9. The average Bonchev–Trinajstić information content (AvgIpc) is 3.78. The summed E-state index contributed by atoms with van der Waals surface area (Å²) in [7, 11) is 1.67. The average molecular weight is 518 g/mol. The molecule has 2 heterocycles. The van der Waals surface area contributed by atoms with Gasteiger partial charge in [-0.1, -0.05) is 11.6 Å². The van der Waals surface area contributed by atoms with Gasteiger partial charge in [-0.3, -0.25) is 9.59 Å². The molecule has 1 unspecified atom stereocenters.